The summed E-state index contributed by atoms with van der Waals surface area (Å²) in [5.74, 6) is 1.19. The molecule has 4 heteroatoms. The van der Waals surface area contributed by atoms with E-state index >= 15 is 0 Å². The Labute approximate surface area is 128 Å². The average Bonchev–Trinajstić information content (AvgIpc) is 3.20. The Hall–Kier alpha value is -1.81. The van der Waals surface area contributed by atoms with Crippen molar-refractivity contribution in [2.45, 2.75) is 32.4 Å². The number of nitrogens with zero attached hydrogens (tertiary/aromatic N) is 1. The van der Waals surface area contributed by atoms with Crippen molar-refractivity contribution >= 4 is 17.2 Å². The summed E-state index contributed by atoms with van der Waals surface area (Å²) in [4.78, 5) is 14.7. The van der Waals surface area contributed by atoms with E-state index in [1.807, 2.05) is 22.4 Å². The third kappa shape index (κ3) is 3.64. The Morgan fingerprint density at radius 1 is 1.33 bits per heavy atom. The molecule has 110 valence electrons. The van der Waals surface area contributed by atoms with Crippen LogP contribution in [-0.4, -0.2) is 10.8 Å². The molecule has 3 rings (SSSR count). The number of amides is 1. The van der Waals surface area contributed by atoms with Gasteiger partial charge in [0.25, 0.3) is 0 Å². The predicted molar refractivity (Wildman–Crippen MR) is 83.8 cm³/mol. The van der Waals surface area contributed by atoms with Crippen LogP contribution < -0.4 is 0 Å². The minimum atomic E-state index is 0.114. The van der Waals surface area contributed by atoms with Crippen LogP contribution in [0.15, 0.2) is 51.8 Å². The smallest absolute Gasteiger partial charge is 0.226 e. The Morgan fingerprint density at radius 2 is 2.29 bits per heavy atom. The third-order valence-corrected chi connectivity index (χ3v) is 4.54. The lowest BCUT2D eigenvalue weighted by atomic mass is 9.93. The molecule has 21 heavy (non-hydrogen) atoms. The molecule has 2 aromatic rings. The van der Waals surface area contributed by atoms with Gasteiger partial charge in [-0.3, -0.25) is 4.79 Å². The van der Waals surface area contributed by atoms with Gasteiger partial charge >= 0.3 is 0 Å². The summed E-state index contributed by atoms with van der Waals surface area (Å²) in [6.45, 7) is 1.20. The fourth-order valence-electron chi connectivity index (χ4n) is 2.68. The van der Waals surface area contributed by atoms with Crippen LogP contribution in [0.3, 0.4) is 0 Å². The van der Waals surface area contributed by atoms with Gasteiger partial charge in [0.05, 0.1) is 12.8 Å². The molecule has 0 N–H and O–H groups in total. The summed E-state index contributed by atoms with van der Waals surface area (Å²) < 4.78 is 5.42. The summed E-state index contributed by atoms with van der Waals surface area (Å²) in [6, 6.07) is 5.87. The normalized spacial score (nSPS) is 17.8. The predicted octanol–water partition coefficient (Wildman–Crippen LogP) is 4.23. The van der Waals surface area contributed by atoms with Crippen molar-refractivity contribution in [2.75, 3.05) is 0 Å². The maximum Gasteiger partial charge on any atom is 0.226 e. The number of hydrogen-bond acceptors (Lipinski definition) is 3. The van der Waals surface area contributed by atoms with Crippen molar-refractivity contribution in [3.05, 3.63) is 58.7 Å². The topological polar surface area (TPSA) is 33.5 Å². The lowest BCUT2D eigenvalue weighted by Crippen LogP contribution is -2.35. The Kier molecular flexibility index (Phi) is 4.55. The molecule has 0 aromatic carbocycles. The second-order valence-electron chi connectivity index (χ2n) is 5.39. The molecule has 2 heterocycles. The fraction of sp³-hybridized carbons (Fsp3) is 0.353. The van der Waals surface area contributed by atoms with E-state index in [1.54, 1.807) is 17.6 Å². The molecule has 0 bridgehead atoms. The van der Waals surface area contributed by atoms with Gasteiger partial charge in [-0.05, 0) is 53.8 Å². The number of hydrogen-bond donors (Lipinski definition) is 0. The van der Waals surface area contributed by atoms with E-state index in [0.29, 0.717) is 13.1 Å². The number of carbonyl (C=O) groups is 1. The summed E-state index contributed by atoms with van der Waals surface area (Å²) in [7, 11) is 0. The second kappa shape index (κ2) is 6.76. The molecule has 1 aliphatic carbocycles. The van der Waals surface area contributed by atoms with Gasteiger partial charge in [-0.1, -0.05) is 12.2 Å². The van der Waals surface area contributed by atoms with Crippen LogP contribution in [0.4, 0.5) is 0 Å². The zero-order valence-corrected chi connectivity index (χ0v) is 12.7. The third-order valence-electron chi connectivity index (χ3n) is 3.81. The molecule has 1 aliphatic rings. The van der Waals surface area contributed by atoms with Crippen molar-refractivity contribution in [1.29, 1.82) is 0 Å². The van der Waals surface area contributed by atoms with Gasteiger partial charge < -0.3 is 9.32 Å². The largest absolute Gasteiger partial charge is 0.467 e. The molecule has 0 saturated carbocycles. The summed E-state index contributed by atoms with van der Waals surface area (Å²) in [5, 5.41) is 4.15. The van der Waals surface area contributed by atoms with Crippen molar-refractivity contribution in [3.8, 4) is 0 Å². The van der Waals surface area contributed by atoms with E-state index in [-0.39, 0.29) is 11.8 Å². The van der Waals surface area contributed by atoms with Crippen LogP contribution >= 0.6 is 11.3 Å². The summed E-state index contributed by atoms with van der Waals surface area (Å²) >= 11 is 1.66. The highest BCUT2D eigenvalue weighted by Gasteiger charge is 2.25. The van der Waals surface area contributed by atoms with Crippen molar-refractivity contribution in [2.24, 2.45) is 5.92 Å². The Bertz CT molecular complexity index is 550. The molecular weight excluding hydrogens is 282 g/mol. The SMILES string of the molecule is O=C([C@H]1CC=CCC1)N(Cc1ccsc1)Cc1ccco1. The van der Waals surface area contributed by atoms with Gasteiger partial charge in [0.1, 0.15) is 5.76 Å². The van der Waals surface area contributed by atoms with Crippen LogP contribution in [-0.2, 0) is 17.9 Å². The van der Waals surface area contributed by atoms with Crippen LogP contribution in [0.1, 0.15) is 30.6 Å². The van der Waals surface area contributed by atoms with Crippen LogP contribution in [0.2, 0.25) is 0 Å². The standard InChI is InChI=1S/C17H19NO2S/c19-17(15-5-2-1-3-6-15)18(11-14-8-10-21-13-14)12-16-7-4-9-20-16/h1-2,4,7-10,13,15H,3,5-6,11-12H2/t15-/m0/s1. The highest BCUT2D eigenvalue weighted by molar-refractivity contribution is 7.07. The molecule has 0 fully saturated rings. The summed E-state index contributed by atoms with van der Waals surface area (Å²) in [5.41, 5.74) is 1.19. The van der Waals surface area contributed by atoms with Crippen LogP contribution in [0.5, 0.6) is 0 Å². The maximum atomic E-state index is 12.8. The van der Waals surface area contributed by atoms with Crippen molar-refractivity contribution < 1.29 is 9.21 Å². The highest BCUT2D eigenvalue weighted by Crippen LogP contribution is 2.23. The first-order chi connectivity index (χ1) is 10.3. The molecule has 0 aliphatic heterocycles. The number of allylic oxidation sites excluding steroid dienone is 2. The second-order valence-corrected chi connectivity index (χ2v) is 6.17. The van der Waals surface area contributed by atoms with E-state index in [4.69, 9.17) is 4.42 Å². The lowest BCUT2D eigenvalue weighted by Gasteiger charge is -2.27. The fourth-order valence-corrected chi connectivity index (χ4v) is 3.34. The zero-order valence-electron chi connectivity index (χ0n) is 11.9. The van der Waals surface area contributed by atoms with Gasteiger partial charge in [-0.2, -0.15) is 11.3 Å². The van der Waals surface area contributed by atoms with Gasteiger partial charge in [-0.15, -0.1) is 0 Å². The van der Waals surface area contributed by atoms with Crippen molar-refractivity contribution in [3.63, 3.8) is 0 Å². The van der Waals surface area contributed by atoms with Gasteiger partial charge in [0, 0.05) is 12.5 Å². The quantitative estimate of drug-likeness (QED) is 0.774. The maximum absolute atomic E-state index is 12.8. The highest BCUT2D eigenvalue weighted by atomic mass is 32.1. The number of carbonyl (C=O) groups excluding carboxylic acids is 1. The van der Waals surface area contributed by atoms with E-state index < -0.39 is 0 Å². The zero-order chi connectivity index (χ0) is 14.5. The minimum absolute atomic E-state index is 0.114. The lowest BCUT2D eigenvalue weighted by molar-refractivity contribution is -0.137. The number of furan rings is 1. The molecule has 0 unspecified atom stereocenters. The van der Waals surface area contributed by atoms with Gasteiger partial charge in [0.15, 0.2) is 0 Å². The monoisotopic (exact) mass is 301 g/mol. The van der Waals surface area contributed by atoms with Gasteiger partial charge in [-0.25, -0.2) is 0 Å². The van der Waals surface area contributed by atoms with E-state index in [2.05, 4.69) is 23.6 Å². The van der Waals surface area contributed by atoms with E-state index in [9.17, 15) is 4.79 Å². The van der Waals surface area contributed by atoms with Crippen LogP contribution in [0.25, 0.3) is 0 Å². The molecule has 0 saturated heterocycles. The number of thiophene rings is 1. The van der Waals surface area contributed by atoms with E-state index in [1.165, 1.54) is 5.56 Å². The first-order valence-corrected chi connectivity index (χ1v) is 8.24. The summed E-state index contributed by atoms with van der Waals surface area (Å²) in [6.07, 6.45) is 8.77. The first kappa shape index (κ1) is 14.1. The van der Waals surface area contributed by atoms with Gasteiger partial charge in [0.2, 0.25) is 5.91 Å². The minimum Gasteiger partial charge on any atom is -0.467 e. The average molecular weight is 301 g/mol. The molecule has 1 atom stereocenters. The van der Waals surface area contributed by atoms with Crippen molar-refractivity contribution in [1.82, 2.24) is 4.90 Å². The molecule has 0 radical (unpaired) electrons. The molecular formula is C17H19NO2S. The molecule has 1 amide bonds. The first-order valence-electron chi connectivity index (χ1n) is 7.30. The Balaban J connectivity index is 1.73. The molecule has 2 aromatic heterocycles. The Morgan fingerprint density at radius 3 is 2.95 bits per heavy atom. The molecule has 0 spiro atoms. The molecule has 3 nitrogen and oxygen atoms in total. The van der Waals surface area contributed by atoms with E-state index in [0.717, 1.165) is 25.0 Å². The van der Waals surface area contributed by atoms with Crippen LogP contribution in [0, 0.1) is 5.92 Å². The number of rotatable bonds is 5.